The van der Waals surface area contributed by atoms with Gasteiger partial charge in [0.05, 0.1) is 29.0 Å². The van der Waals surface area contributed by atoms with Crippen molar-refractivity contribution in [1.82, 2.24) is 14.8 Å². The summed E-state index contributed by atoms with van der Waals surface area (Å²) in [6, 6.07) is 1.21. The number of ether oxygens (including phenoxy) is 1. The number of sulfonamides is 1. The Morgan fingerprint density at radius 3 is 2.45 bits per heavy atom. The fourth-order valence-corrected chi connectivity index (χ4v) is 6.86. The van der Waals surface area contributed by atoms with E-state index in [1.807, 2.05) is 0 Å². The SMILES string of the molecule is CCn1cc(S(=O)(=O)N2C[C@@H](CS(=O)(=O)CC)Cc3ncc(NC(=O)OC(C)(C)C(F)(F)F)cc32)c(Cl)n1. The van der Waals surface area contributed by atoms with Gasteiger partial charge in [0.25, 0.3) is 10.0 Å². The Kier molecular flexibility index (Phi) is 8.30. The molecule has 2 aromatic heterocycles. The number of hydrogen-bond donors (Lipinski definition) is 1. The number of anilines is 2. The van der Waals surface area contributed by atoms with Gasteiger partial charge in [-0.05, 0) is 39.2 Å². The van der Waals surface area contributed by atoms with E-state index in [-0.39, 0.29) is 51.6 Å². The second-order valence-electron chi connectivity index (χ2n) is 9.16. The van der Waals surface area contributed by atoms with Crippen LogP contribution in [-0.2, 0) is 37.6 Å². The second kappa shape index (κ2) is 10.5. The van der Waals surface area contributed by atoms with Crippen molar-refractivity contribution in [2.75, 3.05) is 27.7 Å². The molecule has 3 rings (SSSR count). The van der Waals surface area contributed by atoms with Crippen LogP contribution in [0.2, 0.25) is 5.15 Å². The van der Waals surface area contributed by atoms with Crippen LogP contribution in [0.15, 0.2) is 23.4 Å². The summed E-state index contributed by atoms with van der Waals surface area (Å²) in [4.78, 5) is 16.0. The Labute approximate surface area is 223 Å². The van der Waals surface area contributed by atoms with Gasteiger partial charge in [0.2, 0.25) is 5.60 Å². The van der Waals surface area contributed by atoms with Gasteiger partial charge in [0, 0.05) is 25.0 Å². The summed E-state index contributed by atoms with van der Waals surface area (Å²) in [6.07, 6.45) is -3.81. The third-order valence-corrected chi connectivity index (χ3v) is 9.94. The Balaban J connectivity index is 2.02. The maximum absolute atomic E-state index is 13.7. The standard InChI is InChI=1S/C21H27ClF3N5O6S2/c1-5-29-11-17(18(22)28-29)38(34,35)30-10-13(12-37(32,33)6-2)7-15-16(30)8-14(9-26-15)27-19(31)36-20(3,4)21(23,24)25/h8-9,11,13H,5-7,10,12H2,1-4H3,(H,27,31)/t13-/m0/s1. The Morgan fingerprint density at radius 1 is 1.24 bits per heavy atom. The highest BCUT2D eigenvalue weighted by Crippen LogP contribution is 2.37. The molecule has 1 aliphatic rings. The molecule has 38 heavy (non-hydrogen) atoms. The van der Waals surface area contributed by atoms with Gasteiger partial charge in [-0.2, -0.15) is 18.3 Å². The Bertz CT molecular complexity index is 1430. The summed E-state index contributed by atoms with van der Waals surface area (Å²) < 4.78 is 98.0. The zero-order valence-corrected chi connectivity index (χ0v) is 23.3. The molecule has 3 heterocycles. The van der Waals surface area contributed by atoms with Crippen LogP contribution in [0.25, 0.3) is 0 Å². The molecule has 0 aromatic carbocycles. The van der Waals surface area contributed by atoms with Gasteiger partial charge >= 0.3 is 12.3 Å². The van der Waals surface area contributed by atoms with Crippen LogP contribution in [0.1, 0.15) is 33.4 Å². The minimum Gasteiger partial charge on any atom is -0.434 e. The summed E-state index contributed by atoms with van der Waals surface area (Å²) in [5, 5.41) is 5.79. The number of halogens is 4. The molecule has 0 radical (unpaired) electrons. The maximum atomic E-state index is 13.7. The number of rotatable bonds is 8. The number of nitrogens with zero attached hydrogens (tertiary/aromatic N) is 4. The zero-order valence-electron chi connectivity index (χ0n) is 20.9. The molecule has 0 unspecified atom stereocenters. The van der Waals surface area contributed by atoms with Gasteiger partial charge in [-0.3, -0.25) is 19.3 Å². The number of pyridine rings is 1. The van der Waals surface area contributed by atoms with Crippen molar-refractivity contribution >= 4 is 48.9 Å². The van der Waals surface area contributed by atoms with Crippen molar-refractivity contribution < 1.29 is 39.5 Å². The van der Waals surface area contributed by atoms with E-state index in [0.717, 1.165) is 10.5 Å². The molecule has 1 amide bonds. The third kappa shape index (κ3) is 6.34. The lowest BCUT2D eigenvalue weighted by atomic mass is 9.99. The molecule has 11 nitrogen and oxygen atoms in total. The van der Waals surface area contributed by atoms with Gasteiger partial charge in [0.15, 0.2) is 5.15 Å². The number of aryl methyl sites for hydroxylation is 1. The molecule has 0 fully saturated rings. The maximum Gasteiger partial charge on any atom is 0.427 e. The van der Waals surface area contributed by atoms with Crippen LogP contribution in [0, 0.1) is 5.92 Å². The van der Waals surface area contributed by atoms with Crippen LogP contribution in [0.5, 0.6) is 0 Å². The highest BCUT2D eigenvalue weighted by molar-refractivity contribution is 7.93. The number of nitrogens with one attached hydrogen (secondary N) is 1. The van der Waals surface area contributed by atoms with Gasteiger partial charge in [-0.15, -0.1) is 0 Å². The number of aromatic nitrogens is 3. The zero-order chi connectivity index (χ0) is 28.7. The minimum atomic E-state index is -4.83. The molecule has 2 aromatic rings. The van der Waals surface area contributed by atoms with E-state index in [0.29, 0.717) is 20.4 Å². The quantitative estimate of drug-likeness (QED) is 0.483. The monoisotopic (exact) mass is 601 g/mol. The van der Waals surface area contributed by atoms with E-state index in [4.69, 9.17) is 11.6 Å². The van der Waals surface area contributed by atoms with E-state index in [1.54, 1.807) is 6.92 Å². The molecular weight excluding hydrogens is 575 g/mol. The van der Waals surface area contributed by atoms with Crippen LogP contribution in [0.4, 0.5) is 29.3 Å². The smallest absolute Gasteiger partial charge is 0.427 e. The second-order valence-corrected chi connectivity index (χ2v) is 13.7. The van der Waals surface area contributed by atoms with E-state index in [2.05, 4.69) is 20.1 Å². The molecule has 17 heteroatoms. The lowest BCUT2D eigenvalue weighted by molar-refractivity contribution is -0.242. The molecule has 0 saturated carbocycles. The summed E-state index contributed by atoms with van der Waals surface area (Å²) in [6.45, 7) is 4.64. The highest BCUT2D eigenvalue weighted by atomic mass is 35.5. The fraction of sp³-hybridized carbons (Fsp3) is 0.571. The first-order chi connectivity index (χ1) is 17.4. The normalized spacial score (nSPS) is 16.7. The van der Waals surface area contributed by atoms with Crippen LogP contribution >= 0.6 is 11.6 Å². The van der Waals surface area contributed by atoms with Crippen molar-refractivity contribution in [2.24, 2.45) is 5.92 Å². The number of fused-ring (bicyclic) bond motifs is 1. The number of sulfone groups is 1. The summed E-state index contributed by atoms with van der Waals surface area (Å²) in [5.74, 6) is -1.08. The highest BCUT2D eigenvalue weighted by Gasteiger charge is 2.51. The van der Waals surface area contributed by atoms with Crippen LogP contribution in [-0.4, -0.2) is 67.5 Å². The predicted molar refractivity (Wildman–Crippen MR) is 133 cm³/mol. The number of carbonyl (C=O) groups excluding carboxylic acids is 1. The van der Waals surface area contributed by atoms with E-state index in [1.165, 1.54) is 23.9 Å². The summed E-state index contributed by atoms with van der Waals surface area (Å²) in [5.41, 5.74) is -2.71. The van der Waals surface area contributed by atoms with Crippen LogP contribution in [0.3, 0.4) is 0 Å². The average Bonchev–Trinajstić information content (AvgIpc) is 3.19. The largest absolute Gasteiger partial charge is 0.434 e. The first kappa shape index (κ1) is 30.0. The van der Waals surface area contributed by atoms with Crippen molar-refractivity contribution in [3.8, 4) is 0 Å². The van der Waals surface area contributed by atoms with Crippen LogP contribution < -0.4 is 9.62 Å². The molecule has 0 aliphatic carbocycles. The minimum absolute atomic E-state index is 0.00310. The molecule has 0 bridgehead atoms. The third-order valence-electron chi connectivity index (χ3n) is 5.91. The number of hydrogen-bond acceptors (Lipinski definition) is 8. The van der Waals surface area contributed by atoms with Crippen molar-refractivity contribution in [3.63, 3.8) is 0 Å². The summed E-state index contributed by atoms with van der Waals surface area (Å²) >= 11 is 6.10. The van der Waals surface area contributed by atoms with Crippen molar-refractivity contribution in [2.45, 2.75) is 57.3 Å². The molecule has 0 spiro atoms. The van der Waals surface area contributed by atoms with Gasteiger partial charge in [-0.25, -0.2) is 21.6 Å². The number of alkyl halides is 3. The van der Waals surface area contributed by atoms with Gasteiger partial charge in [0.1, 0.15) is 14.7 Å². The molecule has 1 atom stereocenters. The number of amides is 1. The molecule has 0 saturated heterocycles. The summed E-state index contributed by atoms with van der Waals surface area (Å²) in [7, 11) is -7.87. The molecule has 1 aliphatic heterocycles. The topological polar surface area (TPSA) is 141 Å². The lowest BCUT2D eigenvalue weighted by Gasteiger charge is -2.34. The number of carbonyl (C=O) groups is 1. The van der Waals surface area contributed by atoms with E-state index >= 15 is 0 Å². The molecular formula is C21H27ClF3N5O6S2. The Hall–Kier alpha value is -2.59. The predicted octanol–water partition coefficient (Wildman–Crippen LogP) is 3.64. The molecule has 1 N–H and O–H groups in total. The van der Waals surface area contributed by atoms with Crippen molar-refractivity contribution in [1.29, 1.82) is 0 Å². The first-order valence-corrected chi connectivity index (χ1v) is 15.1. The molecule has 212 valence electrons. The Morgan fingerprint density at radius 2 is 1.89 bits per heavy atom. The first-order valence-electron chi connectivity index (χ1n) is 11.4. The lowest BCUT2D eigenvalue weighted by Crippen LogP contribution is -2.44. The van der Waals surface area contributed by atoms with E-state index in [9.17, 15) is 34.8 Å². The van der Waals surface area contributed by atoms with E-state index < -0.39 is 43.6 Å². The van der Waals surface area contributed by atoms with Crippen molar-refractivity contribution in [3.05, 3.63) is 29.3 Å². The fourth-order valence-electron chi connectivity index (χ4n) is 3.68. The van der Waals surface area contributed by atoms with Gasteiger partial charge in [-0.1, -0.05) is 18.5 Å². The average molecular weight is 602 g/mol. The van der Waals surface area contributed by atoms with Gasteiger partial charge < -0.3 is 4.74 Å².